The first kappa shape index (κ1) is 16.7. The summed E-state index contributed by atoms with van der Waals surface area (Å²) < 4.78 is 0. The highest BCUT2D eigenvalue weighted by atomic mass is 32.1. The summed E-state index contributed by atoms with van der Waals surface area (Å²) in [6.45, 7) is 14.9. The molecule has 6 heteroatoms. The van der Waals surface area contributed by atoms with Gasteiger partial charge in [0.05, 0.1) is 22.2 Å². The third-order valence-corrected chi connectivity index (χ3v) is 5.79. The molecule has 0 radical (unpaired) electrons. The number of aryl methyl sites for hydroxylation is 3. The van der Waals surface area contributed by atoms with E-state index in [9.17, 15) is 0 Å². The van der Waals surface area contributed by atoms with E-state index < -0.39 is 0 Å². The van der Waals surface area contributed by atoms with E-state index in [2.05, 4.69) is 32.7 Å². The Kier molecular flexibility index (Phi) is 4.17. The second kappa shape index (κ2) is 6.50. The van der Waals surface area contributed by atoms with Gasteiger partial charge in [-0.2, -0.15) is 0 Å². The Bertz CT molecular complexity index is 1030. The Hall–Kier alpha value is -2.78. The largest absolute Gasteiger partial charge is 0.352 e. The number of hydrogen-bond acceptors (Lipinski definition) is 5. The van der Waals surface area contributed by atoms with Crippen molar-refractivity contribution >= 4 is 22.8 Å². The highest BCUT2D eigenvalue weighted by Gasteiger charge is 2.21. The first-order chi connectivity index (χ1) is 12.5. The molecule has 0 fully saturated rings. The Labute approximate surface area is 157 Å². The second-order valence-corrected chi connectivity index (χ2v) is 7.80. The fourth-order valence-electron chi connectivity index (χ4n) is 3.48. The van der Waals surface area contributed by atoms with Crippen molar-refractivity contribution in [1.82, 2.24) is 15.0 Å². The average molecular weight is 361 g/mol. The zero-order valence-corrected chi connectivity index (χ0v) is 15.9. The molecule has 3 aromatic rings. The summed E-state index contributed by atoms with van der Waals surface area (Å²) in [7, 11) is 0. The van der Waals surface area contributed by atoms with Crippen molar-refractivity contribution in [3.8, 4) is 10.4 Å². The number of fused-ring (bicyclic) bond motifs is 1. The first-order valence-electron chi connectivity index (χ1n) is 8.56. The van der Waals surface area contributed by atoms with Crippen LogP contribution in [0, 0.1) is 27.3 Å². The topological polar surface area (TPSA) is 46.3 Å². The smallest absolute Gasteiger partial charge is 0.205 e. The molecular weight excluding hydrogens is 342 g/mol. The summed E-state index contributed by atoms with van der Waals surface area (Å²) in [6.07, 6.45) is 4.54. The van der Waals surface area contributed by atoms with E-state index in [1.54, 1.807) is 17.5 Å². The normalized spacial score (nSPS) is 13.4. The fraction of sp³-hybridized carbons (Fsp3) is 0.300. The monoisotopic (exact) mass is 361 g/mol. The van der Waals surface area contributed by atoms with Gasteiger partial charge >= 0.3 is 0 Å². The maximum atomic E-state index is 7.14. The van der Waals surface area contributed by atoms with Crippen LogP contribution in [0.3, 0.4) is 0 Å². The van der Waals surface area contributed by atoms with E-state index in [4.69, 9.17) is 11.6 Å². The van der Waals surface area contributed by atoms with Crippen LogP contribution in [-0.4, -0.2) is 21.5 Å². The highest BCUT2D eigenvalue weighted by Crippen LogP contribution is 2.32. The maximum absolute atomic E-state index is 7.14. The Morgan fingerprint density at radius 1 is 1.15 bits per heavy atom. The summed E-state index contributed by atoms with van der Waals surface area (Å²) in [5, 5.41) is 1.08. The fourth-order valence-corrected chi connectivity index (χ4v) is 4.38. The van der Waals surface area contributed by atoms with Crippen LogP contribution in [0.1, 0.15) is 27.5 Å². The second-order valence-electron chi connectivity index (χ2n) is 6.59. The molecule has 0 N–H and O–H groups in total. The lowest BCUT2D eigenvalue weighted by Gasteiger charge is -2.30. The molecule has 0 amide bonds. The van der Waals surface area contributed by atoms with Gasteiger partial charge in [-0.05, 0) is 44.0 Å². The molecule has 5 nitrogen and oxygen atoms in total. The summed E-state index contributed by atoms with van der Waals surface area (Å²) in [4.78, 5) is 20.7. The predicted octanol–water partition coefficient (Wildman–Crippen LogP) is 4.64. The minimum absolute atomic E-state index is 0.587. The number of thiazole rings is 1. The van der Waals surface area contributed by atoms with Gasteiger partial charge in [0.1, 0.15) is 5.82 Å². The molecule has 0 bridgehead atoms. The van der Waals surface area contributed by atoms with Crippen LogP contribution in [0.2, 0.25) is 0 Å². The summed E-state index contributed by atoms with van der Waals surface area (Å²) in [6, 6.07) is 4.15. The van der Waals surface area contributed by atoms with Gasteiger partial charge in [0, 0.05) is 43.2 Å². The molecule has 1 aliphatic heterocycles. The van der Waals surface area contributed by atoms with Crippen LogP contribution in [0.15, 0.2) is 24.5 Å². The average Bonchev–Trinajstić information content (AvgIpc) is 2.99. The van der Waals surface area contributed by atoms with Crippen LogP contribution in [0.4, 0.5) is 11.5 Å². The van der Waals surface area contributed by atoms with Crippen LogP contribution in [0.25, 0.3) is 15.3 Å². The molecule has 0 saturated carbocycles. The number of rotatable bonds is 2. The van der Waals surface area contributed by atoms with Crippen LogP contribution in [0.5, 0.6) is 0 Å². The van der Waals surface area contributed by atoms with Crippen LogP contribution < -0.4 is 4.90 Å². The lowest BCUT2D eigenvalue weighted by molar-refractivity contribution is 0.701. The third-order valence-electron chi connectivity index (χ3n) is 4.67. The van der Waals surface area contributed by atoms with E-state index in [0.717, 1.165) is 47.2 Å². The van der Waals surface area contributed by atoms with Gasteiger partial charge in [0.15, 0.2) is 0 Å². The quantitative estimate of drug-likeness (QED) is 0.624. The summed E-state index contributed by atoms with van der Waals surface area (Å²) in [5.74, 6) is 0.957. The van der Waals surface area contributed by atoms with Crippen molar-refractivity contribution in [3.63, 3.8) is 0 Å². The van der Waals surface area contributed by atoms with Crippen molar-refractivity contribution in [2.45, 2.75) is 33.7 Å². The zero-order valence-electron chi connectivity index (χ0n) is 15.1. The van der Waals surface area contributed by atoms with Crippen molar-refractivity contribution in [2.24, 2.45) is 0 Å². The SMILES string of the molecule is [C-]#[N+]c1cnc(N2CCc3ncc(-c4sc(C)nc4C)cc3C2)c(C)c1. The highest BCUT2D eigenvalue weighted by molar-refractivity contribution is 7.15. The summed E-state index contributed by atoms with van der Waals surface area (Å²) in [5.41, 5.74) is 6.24. The van der Waals surface area contributed by atoms with Crippen molar-refractivity contribution in [2.75, 3.05) is 11.4 Å². The zero-order chi connectivity index (χ0) is 18.3. The molecule has 3 aromatic heterocycles. The Balaban J connectivity index is 1.67. The third kappa shape index (κ3) is 2.95. The van der Waals surface area contributed by atoms with Crippen molar-refractivity contribution < 1.29 is 0 Å². The molecule has 0 saturated heterocycles. The van der Waals surface area contributed by atoms with E-state index in [1.165, 1.54) is 16.1 Å². The first-order valence-corrected chi connectivity index (χ1v) is 9.38. The number of pyridine rings is 2. The molecule has 26 heavy (non-hydrogen) atoms. The molecule has 4 heterocycles. The molecule has 0 aromatic carbocycles. The van der Waals surface area contributed by atoms with E-state index in [1.807, 2.05) is 26.1 Å². The minimum Gasteiger partial charge on any atom is -0.352 e. The maximum Gasteiger partial charge on any atom is 0.205 e. The molecule has 4 rings (SSSR count). The number of hydrogen-bond donors (Lipinski definition) is 0. The van der Waals surface area contributed by atoms with E-state index >= 15 is 0 Å². The Morgan fingerprint density at radius 3 is 2.69 bits per heavy atom. The van der Waals surface area contributed by atoms with E-state index in [0.29, 0.717) is 5.69 Å². The number of nitrogens with zero attached hydrogens (tertiary/aromatic N) is 5. The standard InChI is InChI=1S/C20H19N5S/c1-12-7-17(21-4)10-23-20(12)25-6-5-18-16(11-25)8-15(9-22-18)19-13(2)24-14(3)26-19/h7-10H,5-6,11H2,1-3H3. The van der Waals surface area contributed by atoms with Crippen molar-refractivity contribution in [3.05, 3.63) is 63.5 Å². The van der Waals surface area contributed by atoms with Gasteiger partial charge < -0.3 is 4.90 Å². The predicted molar refractivity (Wildman–Crippen MR) is 105 cm³/mol. The lowest BCUT2D eigenvalue weighted by Crippen LogP contribution is -2.32. The molecule has 0 unspecified atom stereocenters. The summed E-state index contributed by atoms with van der Waals surface area (Å²) >= 11 is 1.72. The minimum atomic E-state index is 0.587. The molecular formula is C20H19N5S. The molecule has 1 aliphatic rings. The van der Waals surface area contributed by atoms with Gasteiger partial charge in [0.25, 0.3) is 0 Å². The van der Waals surface area contributed by atoms with Crippen LogP contribution in [-0.2, 0) is 13.0 Å². The van der Waals surface area contributed by atoms with Crippen molar-refractivity contribution in [1.29, 1.82) is 0 Å². The molecule has 0 spiro atoms. The lowest BCUT2D eigenvalue weighted by atomic mass is 10.0. The Morgan fingerprint density at radius 2 is 2.00 bits per heavy atom. The number of anilines is 1. The molecule has 0 atom stereocenters. The van der Waals surface area contributed by atoms with E-state index in [-0.39, 0.29) is 0 Å². The van der Waals surface area contributed by atoms with Gasteiger partial charge in [-0.3, -0.25) is 9.97 Å². The van der Waals surface area contributed by atoms with Gasteiger partial charge in [-0.1, -0.05) is 0 Å². The molecule has 0 aliphatic carbocycles. The molecule has 130 valence electrons. The number of aromatic nitrogens is 3. The van der Waals surface area contributed by atoms with Gasteiger partial charge in [-0.15, -0.1) is 11.3 Å². The van der Waals surface area contributed by atoms with Crippen LogP contribution >= 0.6 is 11.3 Å². The van der Waals surface area contributed by atoms with Gasteiger partial charge in [-0.25, -0.2) is 9.83 Å². The van der Waals surface area contributed by atoms with Gasteiger partial charge in [0.2, 0.25) is 5.69 Å².